The van der Waals surface area contributed by atoms with Gasteiger partial charge < -0.3 is 14.9 Å². The molecule has 1 rings (SSSR count). The normalized spacial score (nSPS) is 12.4. The van der Waals surface area contributed by atoms with Crippen LogP contribution < -0.4 is 10.2 Å². The highest BCUT2D eigenvalue weighted by Crippen LogP contribution is 2.25. The number of phenolic OH excluding ortho intramolecular Hbond substituents is 1. The highest BCUT2D eigenvalue weighted by atomic mass is 16.5. The van der Waals surface area contributed by atoms with Crippen LogP contribution in [0, 0.1) is 0 Å². The van der Waals surface area contributed by atoms with Gasteiger partial charge in [-0.2, -0.15) is 5.10 Å². The summed E-state index contributed by atoms with van der Waals surface area (Å²) in [5.41, 5.74) is 2.95. The Morgan fingerprint density at radius 1 is 1.61 bits per heavy atom. The lowest BCUT2D eigenvalue weighted by atomic mass is 10.2. The monoisotopic (exact) mass is 252 g/mol. The second-order valence-electron chi connectivity index (χ2n) is 3.78. The molecular formula is C12H16N2O4. The lowest BCUT2D eigenvalue weighted by Crippen LogP contribution is -2.21. The van der Waals surface area contributed by atoms with E-state index in [-0.39, 0.29) is 18.1 Å². The van der Waals surface area contributed by atoms with E-state index in [0.717, 1.165) is 0 Å². The van der Waals surface area contributed by atoms with Gasteiger partial charge in [-0.15, -0.1) is 0 Å². The average molecular weight is 252 g/mol. The van der Waals surface area contributed by atoms with Crippen molar-refractivity contribution in [2.45, 2.75) is 19.4 Å². The summed E-state index contributed by atoms with van der Waals surface area (Å²) in [4.78, 5) is 11.2. The molecule has 1 aromatic rings. The smallest absolute Gasteiger partial charge is 0.242 e. The number of carbonyl (C=O) groups is 1. The Morgan fingerprint density at radius 2 is 2.33 bits per heavy atom. The van der Waals surface area contributed by atoms with E-state index >= 15 is 0 Å². The predicted octanol–water partition coefficient (Wildman–Crippen LogP) is 0.622. The average Bonchev–Trinajstić information content (AvgIpc) is 2.30. The summed E-state index contributed by atoms with van der Waals surface area (Å²) in [5, 5.41) is 22.1. The van der Waals surface area contributed by atoms with Gasteiger partial charge in [-0.3, -0.25) is 4.79 Å². The van der Waals surface area contributed by atoms with Gasteiger partial charge in [-0.05, 0) is 30.7 Å². The Bertz CT molecular complexity index is 444. The van der Waals surface area contributed by atoms with E-state index in [1.165, 1.54) is 26.3 Å². The van der Waals surface area contributed by atoms with E-state index in [1.807, 2.05) is 0 Å². The molecule has 0 saturated heterocycles. The van der Waals surface area contributed by atoms with Crippen LogP contribution in [0.1, 0.15) is 18.9 Å². The lowest BCUT2D eigenvalue weighted by molar-refractivity contribution is -0.122. The molecule has 0 aromatic heterocycles. The summed E-state index contributed by atoms with van der Waals surface area (Å²) in [5.74, 6) is -0.00552. The Kier molecular flexibility index (Phi) is 5.13. The number of benzene rings is 1. The third-order valence-electron chi connectivity index (χ3n) is 2.09. The minimum Gasteiger partial charge on any atom is -0.504 e. The SMILES string of the molecule is COc1cc(/C=N/NC(=O)CC(C)O)ccc1O. The van der Waals surface area contributed by atoms with Gasteiger partial charge >= 0.3 is 0 Å². The van der Waals surface area contributed by atoms with Gasteiger partial charge in [0.05, 0.1) is 25.8 Å². The highest BCUT2D eigenvalue weighted by molar-refractivity contribution is 5.83. The Hall–Kier alpha value is -2.08. The van der Waals surface area contributed by atoms with E-state index in [9.17, 15) is 9.90 Å². The maximum Gasteiger partial charge on any atom is 0.242 e. The van der Waals surface area contributed by atoms with Crippen molar-refractivity contribution >= 4 is 12.1 Å². The van der Waals surface area contributed by atoms with E-state index in [0.29, 0.717) is 11.3 Å². The number of ether oxygens (including phenoxy) is 1. The molecule has 3 N–H and O–H groups in total. The first-order valence-corrected chi connectivity index (χ1v) is 5.40. The minimum atomic E-state index is -0.700. The molecule has 0 fully saturated rings. The second kappa shape index (κ2) is 6.61. The molecule has 1 amide bonds. The fourth-order valence-corrected chi connectivity index (χ4v) is 1.27. The summed E-state index contributed by atoms with van der Waals surface area (Å²) in [7, 11) is 1.44. The molecule has 6 nitrogen and oxygen atoms in total. The van der Waals surface area contributed by atoms with Crippen LogP contribution >= 0.6 is 0 Å². The number of nitrogens with one attached hydrogen (secondary N) is 1. The molecule has 0 heterocycles. The number of hydrazone groups is 1. The van der Waals surface area contributed by atoms with Gasteiger partial charge in [0.15, 0.2) is 11.5 Å². The topological polar surface area (TPSA) is 91.2 Å². The maximum atomic E-state index is 11.2. The number of aliphatic hydroxyl groups is 1. The van der Waals surface area contributed by atoms with Crippen molar-refractivity contribution < 1.29 is 19.7 Å². The number of methoxy groups -OCH3 is 1. The third-order valence-corrected chi connectivity index (χ3v) is 2.09. The van der Waals surface area contributed by atoms with E-state index in [4.69, 9.17) is 9.84 Å². The Labute approximate surface area is 105 Å². The number of rotatable bonds is 5. The molecule has 1 aromatic carbocycles. The van der Waals surface area contributed by atoms with Crippen LogP contribution in [-0.2, 0) is 4.79 Å². The number of hydrogen-bond acceptors (Lipinski definition) is 5. The van der Waals surface area contributed by atoms with Gasteiger partial charge in [0, 0.05) is 0 Å². The number of carbonyl (C=O) groups excluding carboxylic acids is 1. The molecule has 0 aliphatic heterocycles. The van der Waals surface area contributed by atoms with E-state index in [1.54, 1.807) is 12.1 Å². The fraction of sp³-hybridized carbons (Fsp3) is 0.333. The molecule has 18 heavy (non-hydrogen) atoms. The standard InChI is InChI=1S/C12H16N2O4/c1-8(15)5-12(17)14-13-7-9-3-4-10(16)11(6-9)18-2/h3-4,6-8,15-16H,5H2,1-2H3,(H,14,17)/b13-7+. The van der Waals surface area contributed by atoms with Crippen molar-refractivity contribution in [3.63, 3.8) is 0 Å². The maximum absolute atomic E-state index is 11.2. The van der Waals surface area contributed by atoms with Gasteiger partial charge in [0.1, 0.15) is 0 Å². The van der Waals surface area contributed by atoms with E-state index < -0.39 is 6.10 Å². The number of nitrogens with zero attached hydrogens (tertiary/aromatic N) is 1. The van der Waals surface area contributed by atoms with Crippen LogP contribution in [0.25, 0.3) is 0 Å². The first-order valence-electron chi connectivity index (χ1n) is 5.40. The summed E-state index contributed by atoms with van der Waals surface area (Å²) in [6.07, 6.45) is 0.715. The van der Waals surface area contributed by atoms with Crippen LogP contribution in [0.3, 0.4) is 0 Å². The highest BCUT2D eigenvalue weighted by Gasteiger charge is 2.04. The van der Waals surface area contributed by atoms with E-state index in [2.05, 4.69) is 10.5 Å². The van der Waals surface area contributed by atoms with Crippen LogP contribution in [0.5, 0.6) is 11.5 Å². The molecule has 0 aliphatic rings. The zero-order valence-electron chi connectivity index (χ0n) is 10.3. The van der Waals surface area contributed by atoms with Crippen LogP contribution in [0.4, 0.5) is 0 Å². The predicted molar refractivity (Wildman–Crippen MR) is 66.7 cm³/mol. The van der Waals surface area contributed by atoms with Crippen LogP contribution in [0.2, 0.25) is 0 Å². The minimum absolute atomic E-state index is 0.00373. The zero-order chi connectivity index (χ0) is 13.5. The molecule has 6 heteroatoms. The van der Waals surface area contributed by atoms with Gasteiger partial charge in [0.2, 0.25) is 5.91 Å². The van der Waals surface area contributed by atoms with Crippen molar-refractivity contribution in [1.29, 1.82) is 0 Å². The van der Waals surface area contributed by atoms with Crippen molar-refractivity contribution in [2.24, 2.45) is 5.10 Å². The number of amides is 1. The molecule has 1 unspecified atom stereocenters. The molecule has 98 valence electrons. The number of phenols is 1. The Morgan fingerprint density at radius 3 is 2.94 bits per heavy atom. The molecule has 0 saturated carbocycles. The number of aromatic hydroxyl groups is 1. The molecular weight excluding hydrogens is 236 g/mol. The molecule has 0 radical (unpaired) electrons. The second-order valence-corrected chi connectivity index (χ2v) is 3.78. The van der Waals surface area contributed by atoms with Crippen molar-refractivity contribution in [2.75, 3.05) is 7.11 Å². The zero-order valence-corrected chi connectivity index (χ0v) is 10.3. The van der Waals surface area contributed by atoms with Gasteiger partial charge in [-0.1, -0.05) is 0 Å². The van der Waals surface area contributed by atoms with Crippen molar-refractivity contribution in [3.8, 4) is 11.5 Å². The molecule has 0 bridgehead atoms. The summed E-state index contributed by atoms with van der Waals surface area (Å²) in [6, 6.07) is 4.68. The first-order chi connectivity index (χ1) is 8.52. The van der Waals surface area contributed by atoms with Gasteiger partial charge in [0.25, 0.3) is 0 Å². The quantitative estimate of drug-likeness (QED) is 0.529. The Balaban J connectivity index is 2.59. The molecule has 1 atom stereocenters. The van der Waals surface area contributed by atoms with Gasteiger partial charge in [-0.25, -0.2) is 5.43 Å². The number of hydrogen-bond donors (Lipinski definition) is 3. The summed E-state index contributed by atoms with van der Waals surface area (Å²) >= 11 is 0. The first kappa shape index (κ1) is 14.0. The molecule has 0 spiro atoms. The number of aliphatic hydroxyl groups excluding tert-OH is 1. The van der Waals surface area contributed by atoms with Crippen LogP contribution in [-0.4, -0.2) is 35.5 Å². The van der Waals surface area contributed by atoms with Crippen LogP contribution in [0.15, 0.2) is 23.3 Å². The van der Waals surface area contributed by atoms with Crippen molar-refractivity contribution in [3.05, 3.63) is 23.8 Å². The van der Waals surface area contributed by atoms with Crippen molar-refractivity contribution in [1.82, 2.24) is 5.43 Å². The third kappa shape index (κ3) is 4.42. The largest absolute Gasteiger partial charge is 0.504 e. The summed E-state index contributed by atoms with van der Waals surface area (Å²) in [6.45, 7) is 1.52. The lowest BCUT2D eigenvalue weighted by Gasteiger charge is -2.04. The molecule has 0 aliphatic carbocycles. The fourth-order valence-electron chi connectivity index (χ4n) is 1.27. The summed E-state index contributed by atoms with van der Waals surface area (Å²) < 4.78 is 4.93.